The molecule has 0 saturated heterocycles. The summed E-state index contributed by atoms with van der Waals surface area (Å²) in [5, 5.41) is 2.72. The first-order chi connectivity index (χ1) is 14.5. The molecular formula is C21H19F3N2O4S. The van der Waals surface area contributed by atoms with Crippen molar-refractivity contribution in [3.63, 3.8) is 0 Å². The van der Waals surface area contributed by atoms with Crippen LogP contribution in [-0.4, -0.2) is 31.4 Å². The van der Waals surface area contributed by atoms with Gasteiger partial charge in [0.05, 0.1) is 0 Å². The Morgan fingerprint density at radius 2 is 1.35 bits per heavy atom. The maximum absolute atomic E-state index is 12.3. The summed E-state index contributed by atoms with van der Waals surface area (Å²) in [6.07, 6.45) is 0. The number of carbonyl (C=O) groups excluding carboxylic acids is 1. The molecule has 0 aliphatic carbocycles. The SMILES string of the molecule is CNC(=O)c1cc(-c2ccccc2)cc(-c2ccccc2)[n+]1C.O=S(=O)([O-])C(F)(F)F. The zero-order valence-corrected chi connectivity index (χ0v) is 17.4. The molecule has 1 N–H and O–H groups in total. The standard InChI is InChI=1S/C20H18N2O.CHF3O3S/c1-21-20(23)19-14-17(15-9-5-3-6-10-15)13-18(22(19)2)16-11-7-4-8-12-16;2-1(3,4)8(5,6)7/h3-14H,1-2H3;(H,5,6,7). The van der Waals surface area contributed by atoms with Gasteiger partial charge in [0.25, 0.3) is 5.69 Å². The second kappa shape index (κ2) is 9.71. The summed E-state index contributed by atoms with van der Waals surface area (Å²) in [7, 11) is -2.52. The van der Waals surface area contributed by atoms with Crippen LogP contribution in [-0.2, 0) is 17.2 Å². The lowest BCUT2D eigenvalue weighted by Gasteiger charge is -2.09. The summed E-state index contributed by atoms with van der Waals surface area (Å²) < 4.78 is 60.8. The van der Waals surface area contributed by atoms with Crippen LogP contribution in [0.15, 0.2) is 72.8 Å². The molecule has 3 aromatic rings. The molecule has 1 aromatic heterocycles. The predicted octanol–water partition coefficient (Wildman–Crippen LogP) is 3.26. The van der Waals surface area contributed by atoms with Crippen molar-refractivity contribution >= 4 is 16.0 Å². The van der Waals surface area contributed by atoms with Crippen molar-refractivity contribution in [1.29, 1.82) is 0 Å². The number of pyridine rings is 1. The van der Waals surface area contributed by atoms with Crippen LogP contribution in [0.5, 0.6) is 0 Å². The highest BCUT2D eigenvalue weighted by Gasteiger charge is 2.36. The number of halogens is 3. The number of carbonyl (C=O) groups is 1. The molecule has 0 atom stereocenters. The van der Waals surface area contributed by atoms with E-state index in [1.807, 2.05) is 54.1 Å². The number of nitrogens with zero attached hydrogens (tertiary/aromatic N) is 1. The van der Waals surface area contributed by atoms with Gasteiger partial charge in [-0.1, -0.05) is 48.5 Å². The average Bonchev–Trinajstić information content (AvgIpc) is 2.73. The fourth-order valence-electron chi connectivity index (χ4n) is 2.69. The molecule has 164 valence electrons. The Morgan fingerprint density at radius 1 is 0.903 bits per heavy atom. The zero-order chi connectivity index (χ0) is 23.2. The lowest BCUT2D eigenvalue weighted by atomic mass is 10.0. The molecule has 0 aliphatic rings. The Hall–Kier alpha value is -3.24. The summed E-state index contributed by atoms with van der Waals surface area (Å²) >= 11 is 0. The van der Waals surface area contributed by atoms with Crippen LogP contribution in [0.25, 0.3) is 22.4 Å². The van der Waals surface area contributed by atoms with E-state index in [9.17, 15) is 18.0 Å². The van der Waals surface area contributed by atoms with E-state index in [1.54, 1.807) is 7.05 Å². The number of nitrogens with one attached hydrogen (secondary N) is 1. The Morgan fingerprint density at radius 3 is 1.77 bits per heavy atom. The van der Waals surface area contributed by atoms with Gasteiger partial charge in [0.1, 0.15) is 7.05 Å². The van der Waals surface area contributed by atoms with E-state index in [0.717, 1.165) is 22.4 Å². The van der Waals surface area contributed by atoms with Crippen LogP contribution in [0.3, 0.4) is 0 Å². The first kappa shape index (κ1) is 24.0. The number of hydrogen-bond donors (Lipinski definition) is 1. The highest BCUT2D eigenvalue weighted by atomic mass is 32.2. The normalized spacial score (nSPS) is 11.3. The second-order valence-corrected chi connectivity index (χ2v) is 7.66. The minimum Gasteiger partial charge on any atom is -0.741 e. The van der Waals surface area contributed by atoms with Gasteiger partial charge in [0, 0.05) is 24.7 Å². The Labute approximate surface area is 177 Å². The molecule has 1 amide bonds. The van der Waals surface area contributed by atoms with Gasteiger partial charge in [-0.3, -0.25) is 4.79 Å². The van der Waals surface area contributed by atoms with Crippen molar-refractivity contribution in [1.82, 2.24) is 5.32 Å². The summed E-state index contributed by atoms with van der Waals surface area (Å²) in [5.74, 6) is -0.0949. The summed E-state index contributed by atoms with van der Waals surface area (Å²) in [6, 6.07) is 24.3. The van der Waals surface area contributed by atoms with Gasteiger partial charge in [-0.2, -0.15) is 17.7 Å². The molecule has 6 nitrogen and oxygen atoms in total. The van der Waals surface area contributed by atoms with Crippen LogP contribution in [0.2, 0.25) is 0 Å². The van der Waals surface area contributed by atoms with E-state index in [1.165, 1.54) is 0 Å². The third-order valence-corrected chi connectivity index (χ3v) is 4.79. The fourth-order valence-corrected chi connectivity index (χ4v) is 2.69. The van der Waals surface area contributed by atoms with Crippen molar-refractivity contribution in [2.45, 2.75) is 5.51 Å². The molecule has 0 bridgehead atoms. The quantitative estimate of drug-likeness (QED) is 0.375. The van der Waals surface area contributed by atoms with Crippen LogP contribution in [0, 0.1) is 0 Å². The molecule has 0 radical (unpaired) electrons. The van der Waals surface area contributed by atoms with Gasteiger partial charge >= 0.3 is 11.4 Å². The molecular weight excluding hydrogens is 433 g/mol. The second-order valence-electron chi connectivity index (χ2n) is 6.28. The first-order valence-corrected chi connectivity index (χ1v) is 10.3. The predicted molar refractivity (Wildman–Crippen MR) is 108 cm³/mol. The fraction of sp³-hybridized carbons (Fsp3) is 0.143. The van der Waals surface area contributed by atoms with Crippen molar-refractivity contribution < 1.29 is 35.5 Å². The van der Waals surface area contributed by atoms with E-state index in [4.69, 9.17) is 13.0 Å². The van der Waals surface area contributed by atoms with Crippen molar-refractivity contribution in [2.75, 3.05) is 7.05 Å². The third kappa shape index (κ3) is 6.12. The molecule has 31 heavy (non-hydrogen) atoms. The minimum absolute atomic E-state index is 0.0949. The van der Waals surface area contributed by atoms with Gasteiger partial charge in [-0.05, 0) is 23.3 Å². The first-order valence-electron chi connectivity index (χ1n) is 8.85. The van der Waals surface area contributed by atoms with Crippen LogP contribution in [0.1, 0.15) is 10.5 Å². The number of benzene rings is 2. The van der Waals surface area contributed by atoms with Crippen molar-refractivity contribution in [2.24, 2.45) is 7.05 Å². The van der Waals surface area contributed by atoms with Gasteiger partial charge in [0.2, 0.25) is 5.69 Å². The molecule has 0 unspecified atom stereocenters. The molecule has 2 aromatic carbocycles. The smallest absolute Gasteiger partial charge is 0.485 e. The molecule has 10 heteroatoms. The van der Waals surface area contributed by atoms with E-state index in [-0.39, 0.29) is 5.91 Å². The van der Waals surface area contributed by atoms with Crippen LogP contribution in [0.4, 0.5) is 13.2 Å². The molecule has 0 aliphatic heterocycles. The highest BCUT2D eigenvalue weighted by Crippen LogP contribution is 2.25. The van der Waals surface area contributed by atoms with Crippen molar-refractivity contribution in [3.8, 4) is 22.4 Å². The molecule has 0 saturated carbocycles. The number of aromatic nitrogens is 1. The molecule has 0 fully saturated rings. The van der Waals surface area contributed by atoms with Gasteiger partial charge < -0.3 is 9.87 Å². The summed E-state index contributed by atoms with van der Waals surface area (Å²) in [6.45, 7) is 0. The number of rotatable bonds is 3. The summed E-state index contributed by atoms with van der Waals surface area (Å²) in [5.41, 5.74) is -0.805. The molecule has 1 heterocycles. The van der Waals surface area contributed by atoms with Gasteiger partial charge in [-0.25, -0.2) is 8.42 Å². The lowest BCUT2D eigenvalue weighted by molar-refractivity contribution is -0.662. The largest absolute Gasteiger partial charge is 0.741 e. The Kier molecular flexibility index (Phi) is 7.53. The molecule has 3 rings (SSSR count). The zero-order valence-electron chi connectivity index (χ0n) is 16.6. The Balaban J connectivity index is 0.000000366. The maximum Gasteiger partial charge on any atom is 0.485 e. The lowest BCUT2D eigenvalue weighted by Crippen LogP contribution is -2.41. The Bertz CT molecular complexity index is 1150. The highest BCUT2D eigenvalue weighted by molar-refractivity contribution is 7.86. The van der Waals surface area contributed by atoms with Gasteiger partial charge in [0.15, 0.2) is 10.1 Å². The minimum atomic E-state index is -6.09. The van der Waals surface area contributed by atoms with E-state index < -0.39 is 15.6 Å². The summed E-state index contributed by atoms with van der Waals surface area (Å²) in [4.78, 5) is 12.3. The van der Waals surface area contributed by atoms with Crippen LogP contribution < -0.4 is 9.88 Å². The third-order valence-electron chi connectivity index (χ3n) is 4.23. The van der Waals surface area contributed by atoms with Crippen molar-refractivity contribution in [3.05, 3.63) is 78.5 Å². The molecule has 0 spiro atoms. The van der Waals surface area contributed by atoms with Crippen LogP contribution >= 0.6 is 0 Å². The number of hydrogen-bond acceptors (Lipinski definition) is 4. The van der Waals surface area contributed by atoms with Gasteiger partial charge in [-0.15, -0.1) is 0 Å². The monoisotopic (exact) mass is 452 g/mol. The number of amides is 1. The number of alkyl halides is 3. The van der Waals surface area contributed by atoms with E-state index >= 15 is 0 Å². The maximum atomic E-state index is 12.3. The topological polar surface area (TPSA) is 90.2 Å². The average molecular weight is 452 g/mol. The van der Waals surface area contributed by atoms with E-state index in [2.05, 4.69) is 35.6 Å². The van der Waals surface area contributed by atoms with E-state index in [0.29, 0.717) is 5.69 Å².